The van der Waals surface area contributed by atoms with Crippen LogP contribution in [0.15, 0.2) is 22.7 Å². The maximum atomic E-state index is 5.81. The van der Waals surface area contributed by atoms with E-state index in [0.717, 1.165) is 13.8 Å². The van der Waals surface area contributed by atoms with Crippen molar-refractivity contribution in [3.63, 3.8) is 0 Å². The van der Waals surface area contributed by atoms with Crippen molar-refractivity contribution in [2.75, 3.05) is 5.73 Å². The second-order valence-electron chi connectivity index (χ2n) is 2.09. The fourth-order valence-corrected chi connectivity index (χ4v) is 8.88. The zero-order valence-corrected chi connectivity index (χ0v) is 14.4. The Balaban J connectivity index is 3.23. The molecule has 12 heavy (non-hydrogen) atoms. The van der Waals surface area contributed by atoms with E-state index in [9.17, 15) is 0 Å². The van der Waals surface area contributed by atoms with Crippen molar-refractivity contribution in [2.24, 2.45) is 0 Å². The molecule has 0 saturated carbocycles. The zero-order valence-electron chi connectivity index (χ0n) is 5.73. The molecule has 0 radical (unpaired) electrons. The van der Waals surface area contributed by atoms with Crippen molar-refractivity contribution in [1.82, 2.24) is 0 Å². The SMILES string of the molecule is Nc1ccc(Br)cc1[Te](Br)(Br)Br. The molecule has 0 atom stereocenters. The van der Waals surface area contributed by atoms with E-state index >= 15 is 0 Å². The molecule has 0 bridgehead atoms. The fraction of sp³-hybridized carbons (Fsp3) is 0. The van der Waals surface area contributed by atoms with E-state index in [1.807, 2.05) is 18.2 Å². The van der Waals surface area contributed by atoms with Gasteiger partial charge in [-0.1, -0.05) is 0 Å². The molecule has 0 spiro atoms. The molecule has 0 unspecified atom stereocenters. The normalized spacial score (nSPS) is 13.0. The maximum absolute atomic E-state index is 5.81. The van der Waals surface area contributed by atoms with Crippen molar-refractivity contribution in [3.8, 4) is 0 Å². The summed E-state index contributed by atoms with van der Waals surface area (Å²) in [5.41, 5.74) is 6.62. The summed E-state index contributed by atoms with van der Waals surface area (Å²) in [7, 11) is 0. The molecule has 0 aliphatic heterocycles. The van der Waals surface area contributed by atoms with Crippen molar-refractivity contribution in [3.05, 3.63) is 22.7 Å². The summed E-state index contributed by atoms with van der Waals surface area (Å²) in [6, 6.07) is 5.85. The predicted molar refractivity (Wildman–Crippen MR) is 70.7 cm³/mol. The summed E-state index contributed by atoms with van der Waals surface area (Å²) < 4.78 is 2.17. The number of hydrogen-bond donors (Lipinski definition) is 1. The third-order valence-corrected chi connectivity index (χ3v) is 11.2. The summed E-state index contributed by atoms with van der Waals surface area (Å²) in [6.45, 7) is 0. The monoisotopic (exact) mass is 537 g/mol. The van der Waals surface area contributed by atoms with Crippen LogP contribution in [0.5, 0.6) is 0 Å². The van der Waals surface area contributed by atoms with Crippen LogP contribution in [0.3, 0.4) is 0 Å². The van der Waals surface area contributed by atoms with Gasteiger partial charge in [-0.25, -0.2) is 0 Å². The molecular formula is C6H5Br4NTe. The summed E-state index contributed by atoms with van der Waals surface area (Å²) >= 11 is 11.8. The molecule has 0 heterocycles. The third kappa shape index (κ3) is 3.14. The van der Waals surface area contributed by atoms with Crippen LogP contribution in [0.2, 0.25) is 0 Å². The molecule has 0 aliphatic carbocycles. The molecule has 6 heteroatoms. The van der Waals surface area contributed by atoms with Gasteiger partial charge in [-0.2, -0.15) is 0 Å². The Morgan fingerprint density at radius 1 is 1.17 bits per heavy atom. The van der Waals surface area contributed by atoms with Crippen LogP contribution in [-0.4, -0.2) is 11.6 Å². The Bertz CT molecular complexity index is 296. The molecule has 2 N–H and O–H groups in total. The van der Waals surface area contributed by atoms with Crippen LogP contribution in [0.25, 0.3) is 0 Å². The van der Waals surface area contributed by atoms with Gasteiger partial charge >= 0.3 is 103 Å². The van der Waals surface area contributed by atoms with Crippen LogP contribution >= 0.6 is 54.2 Å². The zero-order chi connectivity index (χ0) is 9.35. The van der Waals surface area contributed by atoms with Crippen molar-refractivity contribution >= 4 is 75.1 Å². The average molecular weight is 538 g/mol. The third-order valence-electron chi connectivity index (χ3n) is 1.22. The first-order valence-corrected chi connectivity index (χ1v) is 20.5. The first-order valence-electron chi connectivity index (χ1n) is 2.88. The second-order valence-corrected chi connectivity index (χ2v) is 43.6. The van der Waals surface area contributed by atoms with Crippen LogP contribution in [0.4, 0.5) is 5.69 Å². The van der Waals surface area contributed by atoms with Gasteiger partial charge in [-0.05, 0) is 0 Å². The number of halogens is 4. The summed E-state index contributed by atoms with van der Waals surface area (Å²) in [5, 5.41) is 0. The molecule has 68 valence electrons. The van der Waals surface area contributed by atoms with Gasteiger partial charge in [-0.3, -0.25) is 0 Å². The van der Waals surface area contributed by atoms with E-state index in [-0.39, 0.29) is 0 Å². The number of nitrogens with two attached hydrogens (primary N) is 1. The van der Waals surface area contributed by atoms with E-state index in [1.165, 1.54) is 0 Å². The van der Waals surface area contributed by atoms with Gasteiger partial charge in [-0.15, -0.1) is 0 Å². The Labute approximate surface area is 102 Å². The standard InChI is InChI=1S/C6H5Br4NTe/c7-4-1-2-5(11)6(3-4)12(8,9)10/h1-3H,11H2. The van der Waals surface area contributed by atoms with E-state index in [0.29, 0.717) is 0 Å². The topological polar surface area (TPSA) is 26.0 Å². The molecule has 0 saturated heterocycles. The molecule has 0 aliphatic rings. The number of nitrogen functional groups attached to an aromatic ring is 1. The number of rotatable bonds is 1. The van der Waals surface area contributed by atoms with Crippen LogP contribution in [-0.2, 0) is 0 Å². The summed E-state index contributed by atoms with van der Waals surface area (Å²) in [5.74, 6) is 0. The first-order chi connectivity index (χ1) is 5.41. The number of hydrogen-bond acceptors (Lipinski definition) is 1. The number of anilines is 1. The van der Waals surface area contributed by atoms with E-state index in [2.05, 4.69) is 54.2 Å². The van der Waals surface area contributed by atoms with Gasteiger partial charge in [0.1, 0.15) is 0 Å². The predicted octanol–water partition coefficient (Wildman–Crippen LogP) is 3.36. The van der Waals surface area contributed by atoms with E-state index < -0.39 is 11.6 Å². The Morgan fingerprint density at radius 2 is 1.75 bits per heavy atom. The molecule has 1 nitrogen and oxygen atoms in total. The van der Waals surface area contributed by atoms with Gasteiger partial charge < -0.3 is 0 Å². The van der Waals surface area contributed by atoms with E-state index in [4.69, 9.17) is 5.73 Å². The van der Waals surface area contributed by atoms with Crippen molar-refractivity contribution in [1.29, 1.82) is 0 Å². The molecule has 0 fully saturated rings. The van der Waals surface area contributed by atoms with Gasteiger partial charge in [0, 0.05) is 0 Å². The summed E-state index contributed by atoms with van der Waals surface area (Å²) in [4.78, 5) is 0. The van der Waals surface area contributed by atoms with Crippen LogP contribution in [0.1, 0.15) is 0 Å². The first kappa shape index (κ1) is 11.8. The fourth-order valence-electron chi connectivity index (χ4n) is 0.709. The van der Waals surface area contributed by atoms with Crippen molar-refractivity contribution < 1.29 is 0 Å². The molecular weight excluding hydrogens is 533 g/mol. The average Bonchev–Trinajstić information content (AvgIpc) is 1.92. The van der Waals surface area contributed by atoms with E-state index in [1.54, 1.807) is 0 Å². The molecule has 1 aromatic carbocycles. The van der Waals surface area contributed by atoms with Crippen molar-refractivity contribution in [2.45, 2.75) is 0 Å². The molecule has 0 aromatic heterocycles. The quantitative estimate of drug-likeness (QED) is 0.431. The van der Waals surface area contributed by atoms with Gasteiger partial charge in [0.25, 0.3) is 0 Å². The number of benzene rings is 1. The minimum atomic E-state index is -2.34. The van der Waals surface area contributed by atoms with Crippen LogP contribution in [0, 0.1) is 0 Å². The van der Waals surface area contributed by atoms with Crippen LogP contribution < -0.4 is 9.35 Å². The minimum absolute atomic E-state index is 0.810. The van der Waals surface area contributed by atoms with Gasteiger partial charge in [0.2, 0.25) is 0 Å². The van der Waals surface area contributed by atoms with Gasteiger partial charge in [0.05, 0.1) is 0 Å². The van der Waals surface area contributed by atoms with Gasteiger partial charge in [0.15, 0.2) is 0 Å². The summed E-state index contributed by atoms with van der Waals surface area (Å²) in [6.07, 6.45) is 0. The molecule has 0 amide bonds. The second kappa shape index (κ2) is 4.50. The molecule has 1 rings (SSSR count). The molecule has 1 aromatic rings. The Hall–Kier alpha value is 1.73. The Morgan fingerprint density at radius 3 is 2.17 bits per heavy atom. The Kier molecular flexibility index (Phi) is 4.43.